The average Bonchev–Trinajstić information content (AvgIpc) is 2.92. The minimum Gasteiger partial charge on any atom is -0.397 e. The van der Waals surface area contributed by atoms with Crippen molar-refractivity contribution in [3.8, 4) is 11.4 Å². The van der Waals surface area contributed by atoms with E-state index in [1.165, 1.54) is 30.7 Å². The number of nitrogens with two attached hydrogens (primary N) is 1. The van der Waals surface area contributed by atoms with Crippen LogP contribution in [0, 0.1) is 0 Å². The third kappa shape index (κ3) is 6.37. The number of nitrogen functional groups attached to an aromatic ring is 1. The molecule has 0 saturated heterocycles. The van der Waals surface area contributed by atoms with Crippen LogP contribution >= 0.6 is 11.6 Å². The van der Waals surface area contributed by atoms with Gasteiger partial charge in [0.25, 0.3) is 5.91 Å². The second-order valence-electron chi connectivity index (χ2n) is 8.10. The van der Waals surface area contributed by atoms with Gasteiger partial charge in [-0.25, -0.2) is 15.0 Å². The smallest absolute Gasteiger partial charge is 0.397 e. The summed E-state index contributed by atoms with van der Waals surface area (Å²) < 4.78 is 41.4. The molecule has 0 aliphatic heterocycles. The highest BCUT2D eigenvalue weighted by atomic mass is 35.5. The molecular formula is C26H20ClF3N6O3. The zero-order valence-electron chi connectivity index (χ0n) is 19.9. The number of aliphatic imine (C=N–C) groups is 1. The number of aromatic nitrogens is 3. The number of rotatable bonds is 6. The summed E-state index contributed by atoms with van der Waals surface area (Å²) in [4.78, 5) is 29.7. The van der Waals surface area contributed by atoms with Crippen LogP contribution in [0.25, 0.3) is 11.4 Å². The highest BCUT2D eigenvalue weighted by Crippen LogP contribution is 2.39. The number of alkyl halides is 3. The summed E-state index contributed by atoms with van der Waals surface area (Å²) in [6, 6.07) is 12.8. The van der Waals surface area contributed by atoms with Crippen LogP contribution in [0.15, 0.2) is 78.2 Å². The fourth-order valence-electron chi connectivity index (χ4n) is 3.54. The van der Waals surface area contributed by atoms with Crippen LogP contribution in [0.3, 0.4) is 0 Å². The minimum atomic E-state index is -4.80. The van der Waals surface area contributed by atoms with Crippen LogP contribution in [-0.2, 0) is 6.18 Å². The van der Waals surface area contributed by atoms with Crippen molar-refractivity contribution in [2.45, 2.75) is 12.3 Å². The first-order valence-corrected chi connectivity index (χ1v) is 11.6. The number of hydrogen-bond donors (Lipinski definition) is 4. The van der Waals surface area contributed by atoms with Gasteiger partial charge in [0.15, 0.2) is 11.7 Å². The van der Waals surface area contributed by atoms with Crippen LogP contribution in [0.5, 0.6) is 0 Å². The van der Waals surface area contributed by atoms with E-state index < -0.39 is 40.9 Å². The molecule has 0 aliphatic carbocycles. The summed E-state index contributed by atoms with van der Waals surface area (Å²) in [5.74, 6) is -1.29. The Morgan fingerprint density at radius 1 is 1.08 bits per heavy atom. The number of nitrogens with one attached hydrogen (secondary N) is 1. The second-order valence-corrected chi connectivity index (χ2v) is 8.51. The maximum absolute atomic E-state index is 13.8. The third-order valence-electron chi connectivity index (χ3n) is 5.41. The number of benzene rings is 2. The molecule has 9 nitrogen and oxygen atoms in total. The molecule has 1 atom stereocenters. The number of carbonyl (C=O) groups excluding carboxylic acids is 1. The van der Waals surface area contributed by atoms with Gasteiger partial charge in [-0.2, -0.15) is 13.2 Å². The summed E-state index contributed by atoms with van der Waals surface area (Å²) in [7, 11) is 0. The normalized spacial score (nSPS) is 12.7. The third-order valence-corrected chi connectivity index (χ3v) is 5.73. The molecule has 4 aromatic rings. The number of hydrogen-bond acceptors (Lipinski definition) is 8. The average molecular weight is 557 g/mol. The number of para-hydroxylation sites is 1. The Morgan fingerprint density at radius 3 is 2.38 bits per heavy atom. The summed E-state index contributed by atoms with van der Waals surface area (Å²) in [6.07, 6.45) is -2.25. The Kier molecular flexibility index (Phi) is 8.19. The number of halogens is 4. The van der Waals surface area contributed by atoms with Crippen molar-refractivity contribution in [3.05, 3.63) is 101 Å². The molecule has 2 aromatic heterocycles. The Labute approximate surface area is 224 Å². The minimum absolute atomic E-state index is 0.00636. The fourth-order valence-corrected chi connectivity index (χ4v) is 3.79. The first-order valence-electron chi connectivity index (χ1n) is 11.3. The SMILES string of the molecule is Nc1cc(C(O)CO)cnc1C(=Nc1ccccc1)NC(=O)c1cc(-c2ncccn2)c(C(F)(F)F)cc1Cl. The maximum Gasteiger partial charge on any atom is 0.417 e. The number of amidine groups is 1. The van der Waals surface area contributed by atoms with Gasteiger partial charge in [-0.05, 0) is 36.4 Å². The molecule has 0 fully saturated rings. The van der Waals surface area contributed by atoms with Crippen molar-refractivity contribution in [1.82, 2.24) is 20.3 Å². The van der Waals surface area contributed by atoms with Crippen molar-refractivity contribution in [2.75, 3.05) is 12.3 Å². The molecule has 13 heteroatoms. The summed E-state index contributed by atoms with van der Waals surface area (Å²) in [5.41, 5.74) is 4.91. The van der Waals surface area contributed by atoms with Crippen LogP contribution in [0.2, 0.25) is 5.02 Å². The Balaban J connectivity index is 1.80. The number of pyridine rings is 1. The fraction of sp³-hybridized carbons (Fsp3) is 0.115. The van der Waals surface area contributed by atoms with E-state index in [1.54, 1.807) is 30.3 Å². The van der Waals surface area contributed by atoms with E-state index in [-0.39, 0.29) is 34.2 Å². The Bertz CT molecular complexity index is 1520. The lowest BCUT2D eigenvalue weighted by Crippen LogP contribution is -2.33. The Hall–Kier alpha value is -4.39. The van der Waals surface area contributed by atoms with Crippen molar-refractivity contribution >= 4 is 34.7 Å². The van der Waals surface area contributed by atoms with Crippen molar-refractivity contribution < 1.29 is 28.2 Å². The first kappa shape index (κ1) is 27.6. The highest BCUT2D eigenvalue weighted by Gasteiger charge is 2.36. The molecule has 1 amide bonds. The number of aliphatic hydroxyl groups is 2. The van der Waals surface area contributed by atoms with Crippen molar-refractivity contribution in [2.24, 2.45) is 4.99 Å². The summed E-state index contributed by atoms with van der Waals surface area (Å²) in [6.45, 7) is -0.567. The predicted octanol–water partition coefficient (Wildman–Crippen LogP) is 4.33. The number of carbonyl (C=O) groups is 1. The first-order chi connectivity index (χ1) is 18.6. The van der Waals surface area contributed by atoms with E-state index in [0.29, 0.717) is 11.8 Å². The zero-order chi connectivity index (χ0) is 28.2. The number of nitrogens with zero attached hydrogens (tertiary/aromatic N) is 4. The molecule has 4 rings (SSSR count). The van der Waals surface area contributed by atoms with E-state index in [1.807, 2.05) is 0 Å². The zero-order valence-corrected chi connectivity index (χ0v) is 20.6. The lowest BCUT2D eigenvalue weighted by Gasteiger charge is -2.16. The van der Waals surface area contributed by atoms with E-state index in [2.05, 4.69) is 25.3 Å². The second kappa shape index (κ2) is 11.6. The van der Waals surface area contributed by atoms with Gasteiger partial charge in [-0.3, -0.25) is 9.78 Å². The van der Waals surface area contributed by atoms with Crippen LogP contribution in [0.4, 0.5) is 24.5 Å². The molecule has 5 N–H and O–H groups in total. The van der Waals surface area contributed by atoms with E-state index in [0.717, 1.165) is 6.07 Å². The number of anilines is 1. The lowest BCUT2D eigenvalue weighted by atomic mass is 10.0. The number of amides is 1. The molecule has 0 radical (unpaired) electrons. The Morgan fingerprint density at radius 2 is 1.77 bits per heavy atom. The van der Waals surface area contributed by atoms with Crippen LogP contribution in [-0.4, -0.2) is 43.5 Å². The van der Waals surface area contributed by atoms with Crippen molar-refractivity contribution in [3.63, 3.8) is 0 Å². The molecule has 0 spiro atoms. The molecule has 1 unspecified atom stereocenters. The highest BCUT2D eigenvalue weighted by molar-refractivity contribution is 6.34. The quantitative estimate of drug-likeness (QED) is 0.204. The molecular weight excluding hydrogens is 537 g/mol. The van der Waals surface area contributed by atoms with Gasteiger partial charge in [0.1, 0.15) is 11.8 Å². The number of aliphatic hydroxyl groups excluding tert-OH is 2. The van der Waals surface area contributed by atoms with E-state index in [4.69, 9.17) is 17.3 Å². The standard InChI is InChI=1S/C26H20ClF3N6O3/c27-19-11-18(26(28,29)30)16(23-32-7-4-8-33-23)10-17(19)25(39)36-24(35-15-5-2-1-3-6-15)22-20(31)9-14(12-34-22)21(38)13-37/h1-12,21,37-38H,13,31H2,(H,35,36,39). The largest absolute Gasteiger partial charge is 0.417 e. The summed E-state index contributed by atoms with van der Waals surface area (Å²) in [5, 5.41) is 21.2. The van der Waals surface area contributed by atoms with Crippen LogP contribution < -0.4 is 11.1 Å². The van der Waals surface area contributed by atoms with Gasteiger partial charge in [-0.15, -0.1) is 0 Å². The van der Waals surface area contributed by atoms with Crippen molar-refractivity contribution in [1.29, 1.82) is 0 Å². The predicted molar refractivity (Wildman–Crippen MR) is 138 cm³/mol. The van der Waals surface area contributed by atoms with Gasteiger partial charge < -0.3 is 21.3 Å². The van der Waals surface area contributed by atoms with Gasteiger partial charge in [-0.1, -0.05) is 29.8 Å². The molecule has 39 heavy (non-hydrogen) atoms. The van der Waals surface area contributed by atoms with Gasteiger partial charge in [0.05, 0.1) is 34.1 Å². The molecule has 2 aromatic carbocycles. The molecule has 200 valence electrons. The maximum atomic E-state index is 13.8. The molecule has 0 aliphatic rings. The van der Waals surface area contributed by atoms with Gasteiger partial charge in [0, 0.05) is 29.7 Å². The summed E-state index contributed by atoms with van der Waals surface area (Å²) >= 11 is 6.15. The molecule has 2 heterocycles. The topological polar surface area (TPSA) is 147 Å². The molecule has 0 saturated carbocycles. The van der Waals surface area contributed by atoms with Gasteiger partial charge >= 0.3 is 6.18 Å². The van der Waals surface area contributed by atoms with Crippen LogP contribution in [0.1, 0.15) is 33.3 Å². The van der Waals surface area contributed by atoms with E-state index >= 15 is 0 Å². The molecule has 0 bridgehead atoms. The lowest BCUT2D eigenvalue weighted by molar-refractivity contribution is -0.137. The van der Waals surface area contributed by atoms with Gasteiger partial charge in [0.2, 0.25) is 0 Å². The monoisotopic (exact) mass is 556 g/mol. The van der Waals surface area contributed by atoms with E-state index in [9.17, 15) is 28.2 Å².